The van der Waals surface area contributed by atoms with Gasteiger partial charge in [-0.25, -0.2) is 4.98 Å². The number of thiazole rings is 1. The first kappa shape index (κ1) is 16.4. The van der Waals surface area contributed by atoms with Crippen LogP contribution in [0, 0.1) is 19.8 Å². The van der Waals surface area contributed by atoms with E-state index in [0.29, 0.717) is 17.4 Å². The van der Waals surface area contributed by atoms with Crippen LogP contribution in [0.3, 0.4) is 0 Å². The van der Waals surface area contributed by atoms with E-state index in [1.54, 1.807) is 18.1 Å². The summed E-state index contributed by atoms with van der Waals surface area (Å²) in [7, 11) is 1.58. The number of ether oxygens (including phenoxy) is 1. The third-order valence-corrected chi connectivity index (χ3v) is 5.11. The molecule has 1 aliphatic heterocycles. The molecule has 2 heterocycles. The lowest BCUT2D eigenvalue weighted by molar-refractivity contribution is -0.122. The normalized spacial score (nSPS) is 17.2. The second kappa shape index (κ2) is 6.60. The number of anilines is 2. The van der Waals surface area contributed by atoms with Gasteiger partial charge in [-0.2, -0.15) is 0 Å². The van der Waals surface area contributed by atoms with Crippen molar-refractivity contribution in [2.24, 2.45) is 5.92 Å². The fourth-order valence-electron chi connectivity index (χ4n) is 2.64. The fourth-order valence-corrected chi connectivity index (χ4v) is 3.46. The minimum absolute atomic E-state index is 0.0603. The average molecular weight is 345 g/mol. The maximum absolute atomic E-state index is 12.4. The molecule has 7 heteroatoms. The number of hydrogen-bond acceptors (Lipinski definition) is 5. The third kappa shape index (κ3) is 3.26. The molecule has 1 aromatic heterocycles. The van der Waals surface area contributed by atoms with Crippen molar-refractivity contribution in [3.63, 3.8) is 0 Å². The minimum Gasteiger partial charge on any atom is -0.497 e. The summed E-state index contributed by atoms with van der Waals surface area (Å²) in [6, 6.07) is 7.29. The van der Waals surface area contributed by atoms with Gasteiger partial charge in [-0.05, 0) is 26.0 Å². The van der Waals surface area contributed by atoms with Crippen LogP contribution in [0.4, 0.5) is 10.8 Å². The van der Waals surface area contributed by atoms with Crippen LogP contribution in [-0.4, -0.2) is 30.5 Å². The molecular weight excluding hydrogens is 326 g/mol. The van der Waals surface area contributed by atoms with Crippen molar-refractivity contribution in [1.29, 1.82) is 0 Å². The first-order valence-corrected chi connectivity index (χ1v) is 8.49. The van der Waals surface area contributed by atoms with Gasteiger partial charge >= 0.3 is 0 Å². The highest BCUT2D eigenvalue weighted by molar-refractivity contribution is 7.15. The minimum atomic E-state index is -0.381. The monoisotopic (exact) mass is 345 g/mol. The molecule has 0 aliphatic carbocycles. The number of rotatable bonds is 4. The summed E-state index contributed by atoms with van der Waals surface area (Å²) in [5.74, 6) is 0.0764. The van der Waals surface area contributed by atoms with Crippen molar-refractivity contribution in [2.75, 3.05) is 23.9 Å². The van der Waals surface area contributed by atoms with E-state index < -0.39 is 0 Å². The lowest BCUT2D eigenvalue weighted by Crippen LogP contribution is -2.28. The predicted octanol–water partition coefficient (Wildman–Crippen LogP) is 2.76. The summed E-state index contributed by atoms with van der Waals surface area (Å²) < 4.78 is 5.19. The SMILES string of the molecule is COc1cccc(N2C[C@@H](C(=O)Nc3nc(C)c(C)s3)CC2=O)c1. The summed E-state index contributed by atoms with van der Waals surface area (Å²) in [6.07, 6.45) is 0.201. The summed E-state index contributed by atoms with van der Waals surface area (Å²) in [6.45, 7) is 4.23. The molecule has 1 atom stereocenters. The Morgan fingerprint density at radius 2 is 2.21 bits per heavy atom. The standard InChI is InChI=1S/C17H19N3O3S/c1-10-11(2)24-17(18-10)19-16(22)12-7-15(21)20(9-12)13-5-4-6-14(8-13)23-3/h4-6,8,12H,7,9H2,1-3H3,(H,18,19,22)/t12-/m0/s1. The number of hydrogen-bond donors (Lipinski definition) is 1. The van der Waals surface area contributed by atoms with E-state index in [1.807, 2.05) is 32.0 Å². The van der Waals surface area contributed by atoms with Gasteiger partial charge in [-0.1, -0.05) is 6.07 Å². The molecule has 3 rings (SSSR count). The molecule has 1 saturated heterocycles. The molecular formula is C17H19N3O3S. The lowest BCUT2D eigenvalue weighted by Gasteiger charge is -2.17. The van der Waals surface area contributed by atoms with Crippen molar-refractivity contribution in [3.05, 3.63) is 34.8 Å². The Hall–Kier alpha value is -2.41. The van der Waals surface area contributed by atoms with Crippen LogP contribution in [-0.2, 0) is 9.59 Å². The third-order valence-electron chi connectivity index (χ3n) is 4.12. The molecule has 0 bridgehead atoms. The van der Waals surface area contributed by atoms with E-state index in [2.05, 4.69) is 10.3 Å². The maximum atomic E-state index is 12.4. The zero-order valence-corrected chi connectivity index (χ0v) is 14.6. The van der Waals surface area contributed by atoms with Gasteiger partial charge in [-0.3, -0.25) is 9.59 Å². The highest BCUT2D eigenvalue weighted by Gasteiger charge is 2.35. The molecule has 24 heavy (non-hydrogen) atoms. The van der Waals surface area contributed by atoms with E-state index >= 15 is 0 Å². The molecule has 0 spiro atoms. The van der Waals surface area contributed by atoms with Crippen molar-refractivity contribution >= 4 is 34.0 Å². The molecule has 0 saturated carbocycles. The molecule has 2 amide bonds. The number of aryl methyl sites for hydroxylation is 2. The number of aromatic nitrogens is 1. The van der Waals surface area contributed by atoms with Gasteiger partial charge in [0.25, 0.3) is 0 Å². The van der Waals surface area contributed by atoms with Crippen molar-refractivity contribution in [2.45, 2.75) is 20.3 Å². The molecule has 1 fully saturated rings. The van der Waals surface area contributed by atoms with Gasteiger partial charge in [0.1, 0.15) is 5.75 Å². The van der Waals surface area contributed by atoms with Crippen molar-refractivity contribution < 1.29 is 14.3 Å². The van der Waals surface area contributed by atoms with E-state index in [9.17, 15) is 9.59 Å². The van der Waals surface area contributed by atoms with Gasteiger partial charge in [-0.15, -0.1) is 11.3 Å². The average Bonchev–Trinajstić information content (AvgIpc) is 3.10. The van der Waals surface area contributed by atoms with Crippen molar-refractivity contribution in [3.8, 4) is 5.75 Å². The topological polar surface area (TPSA) is 71.5 Å². The smallest absolute Gasteiger partial charge is 0.231 e. The zero-order chi connectivity index (χ0) is 17.3. The first-order valence-electron chi connectivity index (χ1n) is 7.67. The number of benzene rings is 1. The fraction of sp³-hybridized carbons (Fsp3) is 0.353. The molecule has 6 nitrogen and oxygen atoms in total. The Labute approximate surface area is 144 Å². The quantitative estimate of drug-likeness (QED) is 0.925. The Bertz CT molecular complexity index is 768. The zero-order valence-electron chi connectivity index (χ0n) is 13.8. The lowest BCUT2D eigenvalue weighted by atomic mass is 10.1. The number of methoxy groups -OCH3 is 1. The first-order chi connectivity index (χ1) is 11.5. The molecule has 0 unspecified atom stereocenters. The summed E-state index contributed by atoms with van der Waals surface area (Å²) >= 11 is 1.45. The number of amides is 2. The van der Waals surface area contributed by atoms with E-state index in [0.717, 1.165) is 16.3 Å². The number of nitrogens with zero attached hydrogens (tertiary/aromatic N) is 2. The summed E-state index contributed by atoms with van der Waals surface area (Å²) in [4.78, 5) is 31.7. The molecule has 1 N–H and O–H groups in total. The van der Waals surface area contributed by atoms with Crippen molar-refractivity contribution in [1.82, 2.24) is 4.98 Å². The molecule has 1 aromatic carbocycles. The van der Waals surface area contributed by atoms with E-state index in [-0.39, 0.29) is 24.2 Å². The molecule has 1 aliphatic rings. The van der Waals surface area contributed by atoms with Crippen LogP contribution in [0.5, 0.6) is 5.75 Å². The number of carbonyl (C=O) groups excluding carboxylic acids is 2. The van der Waals surface area contributed by atoms with Gasteiger partial charge in [0.15, 0.2) is 5.13 Å². The maximum Gasteiger partial charge on any atom is 0.231 e. The predicted molar refractivity (Wildman–Crippen MR) is 93.7 cm³/mol. The van der Waals surface area contributed by atoms with Crippen LogP contribution in [0.1, 0.15) is 17.0 Å². The van der Waals surface area contributed by atoms with Crippen LogP contribution < -0.4 is 15.0 Å². The molecule has 126 valence electrons. The van der Waals surface area contributed by atoms with Crippen LogP contribution in [0.2, 0.25) is 0 Å². The second-order valence-corrected chi connectivity index (χ2v) is 6.96. The van der Waals surface area contributed by atoms with Gasteiger partial charge < -0.3 is 15.0 Å². The number of carbonyl (C=O) groups is 2. The Balaban J connectivity index is 1.70. The Kier molecular flexibility index (Phi) is 4.53. The highest BCUT2D eigenvalue weighted by Crippen LogP contribution is 2.29. The van der Waals surface area contributed by atoms with Gasteiger partial charge in [0, 0.05) is 29.6 Å². The number of nitrogens with one attached hydrogen (secondary N) is 1. The summed E-state index contributed by atoms with van der Waals surface area (Å²) in [5, 5.41) is 3.41. The summed E-state index contributed by atoms with van der Waals surface area (Å²) in [5.41, 5.74) is 1.66. The second-order valence-electron chi connectivity index (χ2n) is 5.76. The molecule has 2 aromatic rings. The van der Waals surface area contributed by atoms with E-state index in [1.165, 1.54) is 11.3 Å². The molecule has 0 radical (unpaired) electrons. The Morgan fingerprint density at radius 1 is 1.42 bits per heavy atom. The van der Waals surface area contributed by atoms with Crippen LogP contribution >= 0.6 is 11.3 Å². The van der Waals surface area contributed by atoms with Crippen LogP contribution in [0.25, 0.3) is 0 Å². The van der Waals surface area contributed by atoms with Gasteiger partial charge in [0.2, 0.25) is 11.8 Å². The van der Waals surface area contributed by atoms with E-state index in [4.69, 9.17) is 4.74 Å². The van der Waals surface area contributed by atoms with Crippen LogP contribution in [0.15, 0.2) is 24.3 Å². The van der Waals surface area contributed by atoms with Gasteiger partial charge in [0.05, 0.1) is 18.7 Å². The largest absolute Gasteiger partial charge is 0.497 e. The highest BCUT2D eigenvalue weighted by atomic mass is 32.1. The Morgan fingerprint density at radius 3 is 2.88 bits per heavy atom.